The zero-order chi connectivity index (χ0) is 22.4. The molecule has 2 aromatic rings. The van der Waals surface area contributed by atoms with Gasteiger partial charge in [-0.3, -0.25) is 9.59 Å². The molecule has 0 amide bonds. The van der Waals surface area contributed by atoms with Crippen LogP contribution in [0, 0.1) is 6.92 Å². The number of ether oxygens (including phenoxy) is 2. The minimum Gasteiger partial charge on any atom is -0.507 e. The van der Waals surface area contributed by atoms with Crippen LogP contribution in [0.2, 0.25) is 0 Å². The summed E-state index contributed by atoms with van der Waals surface area (Å²) < 4.78 is 11.3. The van der Waals surface area contributed by atoms with Crippen LogP contribution in [-0.2, 0) is 11.2 Å². The molecule has 0 fully saturated rings. The van der Waals surface area contributed by atoms with E-state index >= 15 is 0 Å². The quantitative estimate of drug-likeness (QED) is 0.388. The van der Waals surface area contributed by atoms with E-state index in [0.717, 1.165) is 16.7 Å². The summed E-state index contributed by atoms with van der Waals surface area (Å²) in [5, 5.41) is 10.3. The van der Waals surface area contributed by atoms with Crippen LogP contribution in [0.1, 0.15) is 74.2 Å². The summed E-state index contributed by atoms with van der Waals surface area (Å²) in [6.07, 6.45) is 2.38. The molecule has 1 aliphatic rings. The third kappa shape index (κ3) is 5.29. The third-order valence-corrected chi connectivity index (χ3v) is 4.72. The SMILES string of the molecule is CC.CC(=O)Oc1ccc(C2CC(=O)c3c(O)cc(C)c(CC=C(C)C)c3O2)cc1. The number of aryl methyl sites for hydroxylation is 1. The van der Waals surface area contributed by atoms with Gasteiger partial charge in [0.1, 0.15) is 28.9 Å². The summed E-state index contributed by atoms with van der Waals surface area (Å²) in [4.78, 5) is 23.9. The molecule has 3 rings (SSSR count). The Bertz CT molecular complexity index is 950. The van der Waals surface area contributed by atoms with Crippen LogP contribution in [0.4, 0.5) is 0 Å². The molecule has 160 valence electrons. The van der Waals surface area contributed by atoms with Crippen LogP contribution in [0.3, 0.4) is 0 Å². The first-order valence-electron chi connectivity index (χ1n) is 10.2. The largest absolute Gasteiger partial charge is 0.507 e. The highest BCUT2D eigenvalue weighted by Crippen LogP contribution is 2.43. The summed E-state index contributed by atoms with van der Waals surface area (Å²) >= 11 is 0. The van der Waals surface area contributed by atoms with E-state index < -0.39 is 6.10 Å². The fourth-order valence-electron chi connectivity index (χ4n) is 3.33. The van der Waals surface area contributed by atoms with Gasteiger partial charge in [-0.1, -0.05) is 37.6 Å². The Morgan fingerprint density at radius 3 is 2.40 bits per heavy atom. The van der Waals surface area contributed by atoms with Crippen molar-refractivity contribution in [2.45, 2.75) is 60.5 Å². The second-order valence-electron chi connectivity index (χ2n) is 7.28. The number of benzene rings is 2. The van der Waals surface area contributed by atoms with Crippen molar-refractivity contribution in [2.24, 2.45) is 0 Å². The van der Waals surface area contributed by atoms with Gasteiger partial charge in [-0.05, 0) is 56.5 Å². The summed E-state index contributed by atoms with van der Waals surface area (Å²) in [6, 6.07) is 8.55. The molecule has 2 aromatic carbocycles. The van der Waals surface area contributed by atoms with E-state index in [1.54, 1.807) is 30.3 Å². The Morgan fingerprint density at radius 2 is 1.83 bits per heavy atom. The molecule has 5 heteroatoms. The first kappa shape index (κ1) is 23.2. The lowest BCUT2D eigenvalue weighted by Gasteiger charge is -2.28. The van der Waals surface area contributed by atoms with E-state index in [4.69, 9.17) is 9.47 Å². The first-order valence-corrected chi connectivity index (χ1v) is 10.2. The molecule has 1 aliphatic heterocycles. The number of rotatable bonds is 4. The van der Waals surface area contributed by atoms with Crippen LogP contribution >= 0.6 is 0 Å². The second-order valence-corrected chi connectivity index (χ2v) is 7.28. The highest BCUT2D eigenvalue weighted by Gasteiger charge is 2.32. The molecule has 0 saturated heterocycles. The zero-order valence-corrected chi connectivity index (χ0v) is 18.5. The molecule has 0 spiro atoms. The van der Waals surface area contributed by atoms with E-state index in [1.165, 1.54) is 12.5 Å². The van der Waals surface area contributed by atoms with Gasteiger partial charge in [-0.15, -0.1) is 0 Å². The highest BCUT2D eigenvalue weighted by molar-refractivity contribution is 6.03. The van der Waals surface area contributed by atoms with Gasteiger partial charge in [0.15, 0.2) is 5.78 Å². The van der Waals surface area contributed by atoms with Gasteiger partial charge in [0, 0.05) is 12.5 Å². The van der Waals surface area contributed by atoms with E-state index in [9.17, 15) is 14.7 Å². The smallest absolute Gasteiger partial charge is 0.308 e. The van der Waals surface area contributed by atoms with Crippen molar-refractivity contribution in [1.29, 1.82) is 0 Å². The van der Waals surface area contributed by atoms with Crippen molar-refractivity contribution >= 4 is 11.8 Å². The number of phenolic OH excluding ortho intramolecular Hbond substituents is 1. The van der Waals surface area contributed by atoms with Gasteiger partial charge in [0.2, 0.25) is 0 Å². The van der Waals surface area contributed by atoms with Gasteiger partial charge in [0.05, 0.1) is 6.42 Å². The maximum atomic E-state index is 12.8. The number of phenols is 1. The maximum absolute atomic E-state index is 12.8. The van der Waals surface area contributed by atoms with E-state index in [1.807, 2.05) is 34.6 Å². The zero-order valence-electron chi connectivity index (χ0n) is 18.5. The predicted molar refractivity (Wildman–Crippen MR) is 117 cm³/mol. The summed E-state index contributed by atoms with van der Waals surface area (Å²) in [6.45, 7) is 11.3. The minimum atomic E-state index is -0.460. The molecule has 0 radical (unpaired) electrons. The molecule has 0 aliphatic carbocycles. The van der Waals surface area contributed by atoms with Crippen LogP contribution in [-0.4, -0.2) is 16.9 Å². The summed E-state index contributed by atoms with van der Waals surface area (Å²) in [5.74, 6) is 0.325. The maximum Gasteiger partial charge on any atom is 0.308 e. The molecule has 1 atom stereocenters. The normalized spacial score (nSPS) is 14.6. The van der Waals surface area contributed by atoms with Gasteiger partial charge >= 0.3 is 5.97 Å². The Morgan fingerprint density at radius 1 is 1.20 bits per heavy atom. The van der Waals surface area contributed by atoms with Gasteiger partial charge in [-0.25, -0.2) is 0 Å². The van der Waals surface area contributed by atoms with E-state index in [-0.39, 0.29) is 29.5 Å². The van der Waals surface area contributed by atoms with E-state index in [2.05, 4.69) is 6.08 Å². The van der Waals surface area contributed by atoms with Gasteiger partial charge in [-0.2, -0.15) is 0 Å². The third-order valence-electron chi connectivity index (χ3n) is 4.72. The molecule has 0 saturated carbocycles. The number of carbonyl (C=O) groups excluding carboxylic acids is 2. The number of Topliss-reactive ketones (excluding diaryl/α,β-unsaturated/α-hetero) is 1. The van der Waals surface area contributed by atoms with Crippen molar-refractivity contribution in [3.05, 3.63) is 64.2 Å². The lowest BCUT2D eigenvalue weighted by Crippen LogP contribution is -2.22. The molecule has 0 aromatic heterocycles. The Balaban J connectivity index is 0.00000155. The van der Waals surface area contributed by atoms with Crippen molar-refractivity contribution < 1.29 is 24.2 Å². The van der Waals surface area contributed by atoms with Crippen LogP contribution < -0.4 is 9.47 Å². The van der Waals surface area contributed by atoms with Gasteiger partial charge in [0.25, 0.3) is 0 Å². The van der Waals surface area contributed by atoms with Crippen molar-refractivity contribution in [1.82, 2.24) is 0 Å². The van der Waals surface area contributed by atoms with Crippen LogP contribution in [0.15, 0.2) is 42.0 Å². The summed E-state index contributed by atoms with van der Waals surface area (Å²) in [7, 11) is 0. The molecular formula is C25H30O5. The average molecular weight is 411 g/mol. The lowest BCUT2D eigenvalue weighted by atomic mass is 9.90. The topological polar surface area (TPSA) is 72.8 Å². The summed E-state index contributed by atoms with van der Waals surface area (Å²) in [5.41, 5.74) is 4.02. The number of aromatic hydroxyl groups is 1. The average Bonchev–Trinajstić information content (AvgIpc) is 2.68. The second kappa shape index (κ2) is 10.1. The van der Waals surface area contributed by atoms with Crippen molar-refractivity contribution in [3.8, 4) is 17.2 Å². The Hall–Kier alpha value is -3.08. The number of hydrogen-bond donors (Lipinski definition) is 1. The van der Waals surface area contributed by atoms with Gasteiger partial charge < -0.3 is 14.6 Å². The number of carbonyl (C=O) groups is 2. The molecular weight excluding hydrogens is 380 g/mol. The number of hydrogen-bond acceptors (Lipinski definition) is 5. The fraction of sp³-hybridized carbons (Fsp3) is 0.360. The lowest BCUT2D eigenvalue weighted by molar-refractivity contribution is -0.131. The van der Waals surface area contributed by atoms with Crippen molar-refractivity contribution in [3.63, 3.8) is 0 Å². The van der Waals surface area contributed by atoms with Crippen LogP contribution in [0.25, 0.3) is 0 Å². The first-order chi connectivity index (χ1) is 14.3. The molecule has 1 heterocycles. The highest BCUT2D eigenvalue weighted by atomic mass is 16.5. The predicted octanol–water partition coefficient (Wildman–Crippen LogP) is 5.87. The number of esters is 1. The minimum absolute atomic E-state index is 0.0397. The molecule has 0 bridgehead atoms. The molecule has 5 nitrogen and oxygen atoms in total. The number of fused-ring (bicyclic) bond motifs is 1. The molecule has 1 unspecified atom stereocenters. The Kier molecular flexibility index (Phi) is 7.81. The monoisotopic (exact) mass is 410 g/mol. The number of ketones is 1. The molecule has 30 heavy (non-hydrogen) atoms. The molecule has 1 N–H and O–H groups in total. The van der Waals surface area contributed by atoms with E-state index in [0.29, 0.717) is 17.9 Å². The fourth-order valence-corrected chi connectivity index (χ4v) is 3.33. The Labute approximate surface area is 178 Å². The van der Waals surface area contributed by atoms with Crippen LogP contribution in [0.5, 0.6) is 17.2 Å². The standard InChI is InChI=1S/C23H24O5.C2H6/c1-13(2)5-10-18-14(3)11-19(25)22-20(26)12-21(28-23(18)22)16-6-8-17(9-7-16)27-15(4)24;1-2/h5-9,11,21,25H,10,12H2,1-4H3;1-2H3. The van der Waals surface area contributed by atoms with Crippen molar-refractivity contribution in [2.75, 3.05) is 0 Å². The number of allylic oxidation sites excluding steroid dienone is 2.